The molecule has 3 rings (SSSR count). The van der Waals surface area contributed by atoms with E-state index in [1.54, 1.807) is 34.1 Å². The maximum Gasteiger partial charge on any atom is 0.266 e. The smallest absolute Gasteiger partial charge is 0.266 e. The minimum Gasteiger partial charge on any atom is -0.348 e. The van der Waals surface area contributed by atoms with Crippen molar-refractivity contribution in [2.24, 2.45) is 0 Å². The van der Waals surface area contributed by atoms with Crippen LogP contribution in [-0.4, -0.2) is 33.8 Å². The zero-order valence-corrected chi connectivity index (χ0v) is 16.3. The lowest BCUT2D eigenvalue weighted by Gasteiger charge is -2.15. The van der Waals surface area contributed by atoms with E-state index in [-0.39, 0.29) is 19.0 Å². The Morgan fingerprint density at radius 2 is 2.12 bits per heavy atom. The fraction of sp³-hybridized carbons (Fsp3) is 0.474. The van der Waals surface area contributed by atoms with Gasteiger partial charge < -0.3 is 4.90 Å². The van der Waals surface area contributed by atoms with Gasteiger partial charge in [-0.3, -0.25) is 9.67 Å². The second-order valence-electron chi connectivity index (χ2n) is 5.96. The van der Waals surface area contributed by atoms with Crippen LogP contribution in [0.5, 0.6) is 0 Å². The van der Waals surface area contributed by atoms with Gasteiger partial charge in [0.05, 0.1) is 24.3 Å². The number of nitrogens with zero attached hydrogens (tertiary/aromatic N) is 4. The molecular weight excluding hydrogens is 358 g/mol. The predicted octanol–water partition coefficient (Wildman–Crippen LogP) is 5.56. The first-order valence-electron chi connectivity index (χ1n) is 8.86. The van der Waals surface area contributed by atoms with E-state index >= 15 is 0 Å². The average Bonchev–Trinajstić information content (AvgIpc) is 3.21. The quantitative estimate of drug-likeness (QED) is 0.649. The number of aromatic nitrogens is 3. The Balaban J connectivity index is 0.00000117. The molecule has 1 unspecified atom stereocenters. The fourth-order valence-electron chi connectivity index (χ4n) is 2.84. The summed E-state index contributed by atoms with van der Waals surface area (Å²) in [6.07, 6.45) is 8.75. The van der Waals surface area contributed by atoms with Gasteiger partial charge in [-0.05, 0) is 26.0 Å². The second kappa shape index (κ2) is 8.62. The molecule has 4 nitrogen and oxygen atoms in total. The zero-order chi connectivity index (χ0) is 19.3. The number of pyridine rings is 1. The van der Waals surface area contributed by atoms with Crippen molar-refractivity contribution < 1.29 is 8.78 Å². The van der Waals surface area contributed by atoms with Crippen molar-refractivity contribution in [1.82, 2.24) is 14.8 Å². The summed E-state index contributed by atoms with van der Waals surface area (Å²) in [6.45, 7) is 7.83. The molecule has 0 bridgehead atoms. The van der Waals surface area contributed by atoms with Gasteiger partial charge in [-0.1, -0.05) is 37.6 Å². The van der Waals surface area contributed by atoms with E-state index in [2.05, 4.69) is 10.1 Å². The lowest BCUT2D eigenvalue weighted by Crippen LogP contribution is -2.25. The first kappa shape index (κ1) is 20.4. The largest absolute Gasteiger partial charge is 0.348 e. The fourth-order valence-corrected chi connectivity index (χ4v) is 2.91. The topological polar surface area (TPSA) is 34.0 Å². The summed E-state index contributed by atoms with van der Waals surface area (Å²) in [4.78, 5) is 5.79. The standard InChI is InChI=1S/C17H19ClF2N4.C2H6/c1-3-13(18)5-4-12(2)24-15-10-21-8-6-14(15)16(22-24)23-9-7-17(19,20)11-23;1-2/h3-6,8,10,12H,7,9,11H2,1-2H3;1-2H3/b5-4-,13-3+;. The van der Waals surface area contributed by atoms with Gasteiger partial charge in [0.1, 0.15) is 0 Å². The van der Waals surface area contributed by atoms with E-state index in [4.69, 9.17) is 11.6 Å². The number of halogens is 3. The normalized spacial score (nSPS) is 18.3. The molecule has 1 atom stereocenters. The Morgan fingerprint density at radius 1 is 1.38 bits per heavy atom. The van der Waals surface area contributed by atoms with E-state index in [9.17, 15) is 8.78 Å². The molecule has 2 aromatic heterocycles. The summed E-state index contributed by atoms with van der Waals surface area (Å²) in [5.41, 5.74) is 0.816. The Hall–Kier alpha value is -1.95. The molecule has 0 radical (unpaired) electrons. The van der Waals surface area contributed by atoms with Gasteiger partial charge in [-0.2, -0.15) is 5.10 Å². The molecule has 26 heavy (non-hydrogen) atoms. The second-order valence-corrected chi connectivity index (χ2v) is 6.40. The highest BCUT2D eigenvalue weighted by Gasteiger charge is 2.39. The van der Waals surface area contributed by atoms with Crippen molar-refractivity contribution in [3.05, 3.63) is 41.7 Å². The van der Waals surface area contributed by atoms with E-state index in [0.717, 1.165) is 10.9 Å². The predicted molar refractivity (Wildman–Crippen MR) is 104 cm³/mol. The van der Waals surface area contributed by atoms with Crippen LogP contribution in [0.2, 0.25) is 0 Å². The summed E-state index contributed by atoms with van der Waals surface area (Å²) < 4.78 is 28.9. The van der Waals surface area contributed by atoms with Gasteiger partial charge in [0, 0.05) is 29.6 Å². The monoisotopic (exact) mass is 382 g/mol. The average molecular weight is 383 g/mol. The van der Waals surface area contributed by atoms with Crippen LogP contribution < -0.4 is 4.90 Å². The molecule has 1 saturated heterocycles. The molecule has 7 heteroatoms. The molecular formula is C19H25ClF2N4. The molecule has 0 saturated carbocycles. The zero-order valence-electron chi connectivity index (χ0n) is 15.6. The third kappa shape index (κ3) is 4.41. The van der Waals surface area contributed by atoms with Gasteiger partial charge >= 0.3 is 0 Å². The summed E-state index contributed by atoms with van der Waals surface area (Å²) >= 11 is 6.00. The molecule has 1 aliphatic rings. The van der Waals surface area contributed by atoms with Gasteiger partial charge in [0.2, 0.25) is 0 Å². The van der Waals surface area contributed by atoms with E-state index < -0.39 is 5.92 Å². The number of hydrogen-bond acceptors (Lipinski definition) is 3. The minimum atomic E-state index is -2.66. The van der Waals surface area contributed by atoms with Crippen LogP contribution in [0, 0.1) is 0 Å². The number of anilines is 1. The van der Waals surface area contributed by atoms with Crippen LogP contribution in [0.3, 0.4) is 0 Å². The van der Waals surface area contributed by atoms with Gasteiger partial charge in [0.15, 0.2) is 5.82 Å². The van der Waals surface area contributed by atoms with Crippen LogP contribution in [0.25, 0.3) is 10.9 Å². The van der Waals surface area contributed by atoms with Crippen molar-refractivity contribution in [3.8, 4) is 0 Å². The Kier molecular flexibility index (Phi) is 6.75. The maximum atomic E-state index is 13.6. The first-order valence-corrected chi connectivity index (χ1v) is 9.24. The molecule has 2 aromatic rings. The molecule has 0 aliphatic carbocycles. The molecule has 1 fully saturated rings. The number of fused-ring (bicyclic) bond motifs is 1. The number of allylic oxidation sites excluding steroid dienone is 4. The van der Waals surface area contributed by atoms with Gasteiger partial charge in [-0.15, -0.1) is 0 Å². The number of hydrogen-bond donors (Lipinski definition) is 0. The van der Waals surface area contributed by atoms with Crippen LogP contribution in [0.4, 0.5) is 14.6 Å². The van der Waals surface area contributed by atoms with E-state index in [1.807, 2.05) is 39.8 Å². The van der Waals surface area contributed by atoms with Crippen LogP contribution in [0.1, 0.15) is 40.2 Å². The summed E-state index contributed by atoms with van der Waals surface area (Å²) in [7, 11) is 0. The highest BCUT2D eigenvalue weighted by molar-refractivity contribution is 6.31. The van der Waals surface area contributed by atoms with Crippen LogP contribution in [-0.2, 0) is 0 Å². The third-order valence-electron chi connectivity index (χ3n) is 4.15. The van der Waals surface area contributed by atoms with E-state index in [0.29, 0.717) is 17.4 Å². The van der Waals surface area contributed by atoms with Crippen molar-refractivity contribution in [1.29, 1.82) is 0 Å². The Morgan fingerprint density at radius 3 is 2.73 bits per heavy atom. The van der Waals surface area contributed by atoms with Gasteiger partial charge in [-0.25, -0.2) is 8.78 Å². The highest BCUT2D eigenvalue weighted by Crippen LogP contribution is 2.34. The summed E-state index contributed by atoms with van der Waals surface area (Å²) in [5, 5.41) is 6.06. The van der Waals surface area contributed by atoms with Crippen molar-refractivity contribution >= 4 is 28.3 Å². The van der Waals surface area contributed by atoms with Gasteiger partial charge in [0.25, 0.3) is 5.92 Å². The molecule has 0 spiro atoms. The van der Waals surface area contributed by atoms with Crippen molar-refractivity contribution in [3.63, 3.8) is 0 Å². The van der Waals surface area contributed by atoms with E-state index in [1.165, 1.54) is 0 Å². The third-order valence-corrected chi connectivity index (χ3v) is 4.50. The summed E-state index contributed by atoms with van der Waals surface area (Å²) in [5.74, 6) is -2.07. The Labute approximate surface area is 158 Å². The summed E-state index contributed by atoms with van der Waals surface area (Å²) in [6, 6.07) is 1.74. The minimum absolute atomic E-state index is 0.0812. The lowest BCUT2D eigenvalue weighted by molar-refractivity contribution is 0.0257. The SMILES string of the molecule is C/C=C(Cl)\C=C/C(C)n1nc(N2CCC(F)(F)C2)c2ccncc21.CC. The first-order chi connectivity index (χ1) is 12.4. The highest BCUT2D eigenvalue weighted by atomic mass is 35.5. The number of rotatable bonds is 4. The van der Waals surface area contributed by atoms with Crippen molar-refractivity contribution in [2.45, 2.75) is 46.1 Å². The Bertz CT molecular complexity index is 798. The molecule has 0 N–H and O–H groups in total. The molecule has 142 valence electrons. The maximum absolute atomic E-state index is 13.6. The molecule has 0 amide bonds. The lowest BCUT2D eigenvalue weighted by atomic mass is 10.2. The molecule has 0 aromatic carbocycles. The van der Waals surface area contributed by atoms with Crippen molar-refractivity contribution in [2.75, 3.05) is 18.0 Å². The molecule has 1 aliphatic heterocycles. The molecule has 3 heterocycles. The number of alkyl halides is 2. The van der Waals surface area contributed by atoms with Crippen LogP contribution in [0.15, 0.2) is 41.7 Å². The van der Waals surface area contributed by atoms with Crippen LogP contribution >= 0.6 is 11.6 Å².